The topological polar surface area (TPSA) is 0 Å². The molecule has 0 nitrogen and oxygen atoms in total. The summed E-state index contributed by atoms with van der Waals surface area (Å²) in [7, 11) is 0. The van der Waals surface area contributed by atoms with Crippen molar-refractivity contribution in [3.8, 4) is 0 Å². The third-order valence-corrected chi connectivity index (χ3v) is 0. The van der Waals surface area contributed by atoms with Crippen LogP contribution < -0.4 is 0 Å². The molecule has 0 aromatic carbocycles. The standard InChI is InChI=1S/3As.B. The molecule has 0 aromatic heterocycles. The molecule has 12 radical (unpaired) electrons. The van der Waals surface area contributed by atoms with Crippen molar-refractivity contribution in [2.75, 3.05) is 0 Å². The maximum absolute atomic E-state index is 0. The van der Waals surface area contributed by atoms with Gasteiger partial charge < -0.3 is 0 Å². The van der Waals surface area contributed by atoms with Gasteiger partial charge in [-0.3, -0.25) is 0 Å². The molecule has 0 N–H and O–H groups in total. The molecule has 0 aliphatic heterocycles. The minimum Gasteiger partial charge on any atom is 0 e. The average Bonchev–Trinajstić information content (AvgIpc) is 0. The summed E-state index contributed by atoms with van der Waals surface area (Å²) < 4.78 is 0. The normalized spacial score (nSPS) is 0. The molecule has 0 saturated carbocycles. The molecule has 0 atom stereocenters. The summed E-state index contributed by atoms with van der Waals surface area (Å²) in [5, 5.41) is 0. The summed E-state index contributed by atoms with van der Waals surface area (Å²) in [5.74, 6) is 0. The van der Waals surface area contributed by atoms with Crippen molar-refractivity contribution in [3.05, 3.63) is 0 Å². The van der Waals surface area contributed by atoms with E-state index >= 15 is 0 Å². The van der Waals surface area contributed by atoms with E-state index in [0.29, 0.717) is 0 Å². The van der Waals surface area contributed by atoms with Gasteiger partial charge in [0.15, 0.2) is 0 Å². The van der Waals surface area contributed by atoms with Crippen molar-refractivity contribution < 1.29 is 0 Å². The van der Waals surface area contributed by atoms with Crippen LogP contribution in [-0.2, 0) is 0 Å². The van der Waals surface area contributed by atoms with Gasteiger partial charge in [0.05, 0.1) is 0 Å². The van der Waals surface area contributed by atoms with Gasteiger partial charge in [-0.15, -0.1) is 0 Å². The van der Waals surface area contributed by atoms with Crippen LogP contribution in [0.15, 0.2) is 0 Å². The van der Waals surface area contributed by atoms with E-state index in [-0.39, 0.29) is 62.3 Å². The maximum Gasteiger partial charge on any atom is 0 e. The fourth-order valence-electron chi connectivity index (χ4n) is 0. The molecule has 0 fully saturated rings. The second kappa shape index (κ2) is 21.9. The van der Waals surface area contributed by atoms with E-state index in [4.69, 9.17) is 0 Å². The van der Waals surface area contributed by atoms with Gasteiger partial charge in [-0.2, -0.15) is 0 Å². The van der Waals surface area contributed by atoms with Crippen molar-refractivity contribution in [2.24, 2.45) is 0 Å². The zero-order valence-corrected chi connectivity index (χ0v) is 7.55. The van der Waals surface area contributed by atoms with Crippen LogP contribution in [0.2, 0.25) is 0 Å². The molecule has 0 aliphatic carbocycles. The predicted molar refractivity (Wildman–Crippen MR) is 23.0 cm³/mol. The number of rotatable bonds is 0. The smallest absolute Gasteiger partial charge is 0 e. The van der Waals surface area contributed by atoms with Crippen LogP contribution in [0.5, 0.6) is 0 Å². The summed E-state index contributed by atoms with van der Waals surface area (Å²) in [6, 6.07) is 0. The van der Waals surface area contributed by atoms with Crippen LogP contribution in [0.3, 0.4) is 0 Å². The second-order valence-electron chi connectivity index (χ2n) is 0. The molecule has 0 aliphatic rings. The Kier molecular flexibility index (Phi) is 233. The van der Waals surface area contributed by atoms with Crippen LogP contribution >= 0.6 is 0 Å². The third kappa shape index (κ3) is 9.27. The van der Waals surface area contributed by atoms with Gasteiger partial charge in [0.2, 0.25) is 0 Å². The van der Waals surface area contributed by atoms with Gasteiger partial charge in [0, 0.05) is 62.3 Å². The Morgan fingerprint density at radius 3 is 0.500 bits per heavy atom. The summed E-state index contributed by atoms with van der Waals surface area (Å²) >= 11 is 0. The fourth-order valence-corrected chi connectivity index (χ4v) is 0. The van der Waals surface area contributed by atoms with Gasteiger partial charge in [-0.05, 0) is 0 Å². The molecule has 0 unspecified atom stereocenters. The molecule has 4 heteroatoms. The molecular weight excluding hydrogens is 236 g/mol. The Labute approximate surface area is 62.0 Å². The van der Waals surface area contributed by atoms with Crippen LogP contribution in [0.25, 0.3) is 0 Å². The Morgan fingerprint density at radius 1 is 0.500 bits per heavy atom. The van der Waals surface area contributed by atoms with Crippen molar-refractivity contribution in [1.29, 1.82) is 0 Å². The van der Waals surface area contributed by atoms with Crippen molar-refractivity contribution in [2.45, 2.75) is 0 Å². The summed E-state index contributed by atoms with van der Waals surface area (Å²) in [6.07, 6.45) is 0. The maximum atomic E-state index is 0. The van der Waals surface area contributed by atoms with Gasteiger partial charge in [-0.1, -0.05) is 0 Å². The van der Waals surface area contributed by atoms with E-state index in [9.17, 15) is 0 Å². The molecule has 18 valence electrons. The fraction of sp³-hybridized carbons (Fsp3) is 0. The van der Waals surface area contributed by atoms with Crippen LogP contribution in [0.4, 0.5) is 0 Å². The average molecular weight is 236 g/mol. The first-order valence-corrected chi connectivity index (χ1v) is 0. The minimum absolute atomic E-state index is 0. The molecule has 0 spiro atoms. The Bertz CT molecular complexity index is 3.25. The Balaban J connectivity index is 0. The van der Waals surface area contributed by atoms with Gasteiger partial charge in [0.25, 0.3) is 0 Å². The monoisotopic (exact) mass is 236 g/mol. The van der Waals surface area contributed by atoms with E-state index in [1.54, 1.807) is 0 Å². The summed E-state index contributed by atoms with van der Waals surface area (Å²) in [4.78, 5) is 0. The second-order valence-corrected chi connectivity index (χ2v) is 0. The zero-order chi connectivity index (χ0) is 0. The molecule has 0 rings (SSSR count). The molecule has 0 saturated heterocycles. The van der Waals surface area contributed by atoms with Crippen molar-refractivity contribution >= 4 is 62.3 Å². The van der Waals surface area contributed by atoms with Gasteiger partial charge in [-0.25, -0.2) is 0 Å². The molecule has 0 bridgehead atoms. The number of hydrogen-bond acceptors (Lipinski definition) is 0. The quantitative estimate of drug-likeness (QED) is 0.448. The molecular formula is As3B. The van der Waals surface area contributed by atoms with Crippen molar-refractivity contribution in [3.63, 3.8) is 0 Å². The van der Waals surface area contributed by atoms with Crippen LogP contribution in [-0.4, -0.2) is 62.3 Å². The van der Waals surface area contributed by atoms with E-state index in [0.717, 1.165) is 0 Å². The Morgan fingerprint density at radius 2 is 0.500 bits per heavy atom. The minimum atomic E-state index is 0. The molecule has 4 heavy (non-hydrogen) atoms. The van der Waals surface area contributed by atoms with Gasteiger partial charge >= 0.3 is 0 Å². The van der Waals surface area contributed by atoms with Gasteiger partial charge in [0.1, 0.15) is 0 Å². The summed E-state index contributed by atoms with van der Waals surface area (Å²) in [5.41, 5.74) is 0. The SMILES string of the molecule is [As].[As].[As].[B]. The molecule has 0 heterocycles. The van der Waals surface area contributed by atoms with E-state index in [1.165, 1.54) is 0 Å². The first kappa shape index (κ1) is 42.6. The number of hydrogen-bond donors (Lipinski definition) is 0. The Hall–Kier alpha value is 1.74. The first-order chi connectivity index (χ1) is 0. The van der Waals surface area contributed by atoms with E-state index < -0.39 is 0 Å². The van der Waals surface area contributed by atoms with Crippen LogP contribution in [0, 0.1) is 0 Å². The first-order valence-electron chi connectivity index (χ1n) is 0. The molecule has 0 amide bonds. The third-order valence-electron chi connectivity index (χ3n) is 0. The zero-order valence-electron chi connectivity index (χ0n) is 1.92. The predicted octanol–water partition coefficient (Wildman–Crippen LogP) is -1.52. The van der Waals surface area contributed by atoms with E-state index in [1.807, 2.05) is 0 Å². The van der Waals surface area contributed by atoms with Crippen molar-refractivity contribution in [1.82, 2.24) is 0 Å². The van der Waals surface area contributed by atoms with E-state index in [2.05, 4.69) is 0 Å². The largest absolute Gasteiger partial charge is 0 e. The van der Waals surface area contributed by atoms with Crippen LogP contribution in [0.1, 0.15) is 0 Å². The molecule has 0 aromatic rings. The summed E-state index contributed by atoms with van der Waals surface area (Å²) in [6.45, 7) is 0.